The Bertz CT molecular complexity index is 802. The molecule has 0 aromatic heterocycles. The number of nitrogens with zero attached hydrogens (tertiary/aromatic N) is 1. The van der Waals surface area contributed by atoms with E-state index in [0.717, 1.165) is 36.0 Å². The van der Waals surface area contributed by atoms with Crippen molar-refractivity contribution in [1.29, 1.82) is 0 Å². The van der Waals surface area contributed by atoms with E-state index in [9.17, 15) is 10.4 Å². The summed E-state index contributed by atoms with van der Waals surface area (Å²) in [5.41, 5.74) is 5.81. The van der Waals surface area contributed by atoms with Gasteiger partial charge < -0.3 is 10.4 Å². The third-order valence-electron chi connectivity index (χ3n) is 4.73. The fraction of sp³-hybridized carbons (Fsp3) is 0.250. The van der Waals surface area contributed by atoms with Crippen LogP contribution in [0.25, 0.3) is 6.08 Å². The molecule has 1 aliphatic rings. The lowest BCUT2D eigenvalue weighted by atomic mass is 9.77. The minimum atomic E-state index is -0.382. The van der Waals surface area contributed by atoms with Gasteiger partial charge in [-0.2, -0.15) is 5.48 Å². The monoisotopic (exact) mass is 390 g/mol. The fourth-order valence-corrected chi connectivity index (χ4v) is 3.70. The van der Waals surface area contributed by atoms with Gasteiger partial charge in [-0.05, 0) is 66.3 Å². The average molecular weight is 391 g/mol. The van der Waals surface area contributed by atoms with Gasteiger partial charge in [0.15, 0.2) is 0 Å². The molecule has 0 unspecified atom stereocenters. The van der Waals surface area contributed by atoms with E-state index in [0.29, 0.717) is 15.8 Å². The van der Waals surface area contributed by atoms with Crippen LogP contribution in [0.2, 0.25) is 10.0 Å². The van der Waals surface area contributed by atoms with E-state index in [1.165, 1.54) is 0 Å². The first-order valence-electron chi connectivity index (χ1n) is 8.46. The summed E-state index contributed by atoms with van der Waals surface area (Å²) in [5.74, 6) is -0.154. The Morgan fingerprint density at radius 2 is 1.65 bits per heavy atom. The van der Waals surface area contributed by atoms with Gasteiger partial charge in [0.2, 0.25) is 0 Å². The number of rotatable bonds is 4. The highest BCUT2D eigenvalue weighted by molar-refractivity contribution is 6.30. The minimum absolute atomic E-state index is 0.154. The molecule has 0 saturated heterocycles. The summed E-state index contributed by atoms with van der Waals surface area (Å²) in [6, 6.07) is 14.4. The molecule has 1 fully saturated rings. The van der Waals surface area contributed by atoms with E-state index in [-0.39, 0.29) is 12.0 Å². The smallest absolute Gasteiger partial charge is 0.0878 e. The number of hydrogen-bond donors (Lipinski definition) is 3. The van der Waals surface area contributed by atoms with Gasteiger partial charge in [0.25, 0.3) is 0 Å². The highest BCUT2D eigenvalue weighted by atomic mass is 35.5. The Morgan fingerprint density at radius 3 is 2.23 bits per heavy atom. The summed E-state index contributed by atoms with van der Waals surface area (Å²) in [4.78, 5) is 0. The van der Waals surface area contributed by atoms with Crippen LogP contribution in [0.15, 0.2) is 59.3 Å². The molecule has 3 rings (SSSR count). The van der Waals surface area contributed by atoms with Crippen LogP contribution in [-0.4, -0.2) is 16.1 Å². The van der Waals surface area contributed by atoms with Gasteiger partial charge in [-0.1, -0.05) is 52.6 Å². The van der Waals surface area contributed by atoms with Crippen LogP contribution in [-0.2, 0) is 0 Å². The van der Waals surface area contributed by atoms with E-state index >= 15 is 0 Å². The highest BCUT2D eigenvalue weighted by Crippen LogP contribution is 2.36. The highest BCUT2D eigenvalue weighted by Gasteiger charge is 2.32. The first-order chi connectivity index (χ1) is 12.6. The molecule has 136 valence electrons. The van der Waals surface area contributed by atoms with Gasteiger partial charge in [-0.25, -0.2) is 0 Å². The Balaban J connectivity index is 1.91. The first-order valence-corrected chi connectivity index (χ1v) is 9.21. The predicted molar refractivity (Wildman–Crippen MR) is 105 cm³/mol. The molecule has 1 saturated carbocycles. The van der Waals surface area contributed by atoms with Crippen molar-refractivity contribution >= 4 is 35.0 Å². The standard InChI is InChI=1S/C20H20Cl2N2O2/c21-16-8-4-13(5-9-16)12-15-2-1-3-18(20(15)24-26)19(23-25)14-6-10-17(22)11-7-14/h4-12,18-19,23,25-26H,1-3H2/b15-12+,24-20?/t18-,19-/m1/s1. The van der Waals surface area contributed by atoms with Crippen molar-refractivity contribution in [3.63, 3.8) is 0 Å². The third kappa shape index (κ3) is 4.27. The largest absolute Gasteiger partial charge is 0.411 e. The van der Waals surface area contributed by atoms with Crippen LogP contribution in [0.3, 0.4) is 0 Å². The number of hydroxylamine groups is 1. The first kappa shape index (κ1) is 18.9. The molecule has 0 heterocycles. The Morgan fingerprint density at radius 1 is 1.04 bits per heavy atom. The van der Waals surface area contributed by atoms with E-state index < -0.39 is 0 Å². The molecule has 0 spiro atoms. The zero-order valence-corrected chi connectivity index (χ0v) is 15.6. The average Bonchev–Trinajstić information content (AvgIpc) is 2.66. The van der Waals surface area contributed by atoms with Crippen molar-refractivity contribution in [2.24, 2.45) is 11.1 Å². The second-order valence-electron chi connectivity index (χ2n) is 6.36. The third-order valence-corrected chi connectivity index (χ3v) is 5.23. The number of halogens is 2. The number of nitrogens with one attached hydrogen (secondary N) is 1. The van der Waals surface area contributed by atoms with Crippen molar-refractivity contribution in [3.8, 4) is 0 Å². The lowest BCUT2D eigenvalue weighted by Crippen LogP contribution is -2.34. The molecule has 2 aromatic carbocycles. The Labute approximate surface area is 162 Å². The maximum absolute atomic E-state index is 9.77. The van der Waals surface area contributed by atoms with Gasteiger partial charge in [0.05, 0.1) is 11.8 Å². The molecule has 0 bridgehead atoms. The van der Waals surface area contributed by atoms with Gasteiger partial charge in [-0.15, -0.1) is 0 Å². The van der Waals surface area contributed by atoms with Crippen LogP contribution >= 0.6 is 23.2 Å². The molecule has 3 N–H and O–H groups in total. The molecule has 6 heteroatoms. The zero-order valence-electron chi connectivity index (χ0n) is 14.1. The SMILES string of the molecule is ON=C1/C(=C/c2ccc(Cl)cc2)CCC[C@@H]1[C@H](NO)c1ccc(Cl)cc1. The van der Waals surface area contributed by atoms with Crippen molar-refractivity contribution in [3.05, 3.63) is 75.3 Å². The second-order valence-corrected chi connectivity index (χ2v) is 7.24. The van der Waals surface area contributed by atoms with E-state index in [1.807, 2.05) is 42.5 Å². The number of benzene rings is 2. The Hall–Kier alpha value is -1.85. The normalized spacial score (nSPS) is 21.9. The minimum Gasteiger partial charge on any atom is -0.411 e. The summed E-state index contributed by atoms with van der Waals surface area (Å²) >= 11 is 11.9. The van der Waals surface area contributed by atoms with Gasteiger partial charge in [-0.3, -0.25) is 0 Å². The molecule has 26 heavy (non-hydrogen) atoms. The number of hydrogen-bond acceptors (Lipinski definition) is 4. The van der Waals surface area contributed by atoms with Gasteiger partial charge >= 0.3 is 0 Å². The molecule has 1 aliphatic carbocycles. The van der Waals surface area contributed by atoms with Crippen molar-refractivity contribution < 1.29 is 10.4 Å². The molecule has 4 nitrogen and oxygen atoms in total. The molecule has 2 atom stereocenters. The zero-order chi connectivity index (χ0) is 18.5. The van der Waals surface area contributed by atoms with E-state index in [4.69, 9.17) is 23.2 Å². The predicted octanol–water partition coefficient (Wildman–Crippen LogP) is 5.73. The van der Waals surface area contributed by atoms with Gasteiger partial charge in [0, 0.05) is 16.0 Å². The molecular weight excluding hydrogens is 371 g/mol. The van der Waals surface area contributed by atoms with Crippen LogP contribution in [0.1, 0.15) is 36.4 Å². The summed E-state index contributed by atoms with van der Waals surface area (Å²) in [6.07, 6.45) is 4.57. The lowest BCUT2D eigenvalue weighted by Gasteiger charge is -2.31. The fourth-order valence-electron chi connectivity index (χ4n) is 3.45. The molecule has 0 radical (unpaired) electrons. The van der Waals surface area contributed by atoms with Gasteiger partial charge in [0.1, 0.15) is 0 Å². The van der Waals surface area contributed by atoms with E-state index in [2.05, 4.69) is 10.6 Å². The van der Waals surface area contributed by atoms with E-state index in [1.54, 1.807) is 12.1 Å². The van der Waals surface area contributed by atoms with Crippen LogP contribution < -0.4 is 5.48 Å². The molecule has 0 amide bonds. The maximum Gasteiger partial charge on any atom is 0.0878 e. The Kier molecular flexibility index (Phi) is 6.33. The lowest BCUT2D eigenvalue weighted by molar-refractivity contribution is 0.106. The number of allylic oxidation sites excluding steroid dienone is 1. The summed E-state index contributed by atoms with van der Waals surface area (Å²) in [7, 11) is 0. The topological polar surface area (TPSA) is 64.9 Å². The molecule has 0 aliphatic heterocycles. The van der Waals surface area contributed by atoms with Crippen LogP contribution in [0.5, 0.6) is 0 Å². The summed E-state index contributed by atoms with van der Waals surface area (Å²) < 4.78 is 0. The van der Waals surface area contributed by atoms with Crippen molar-refractivity contribution in [2.45, 2.75) is 25.3 Å². The quantitative estimate of drug-likeness (QED) is 0.461. The number of oxime groups is 1. The van der Waals surface area contributed by atoms with Crippen molar-refractivity contribution in [1.82, 2.24) is 5.48 Å². The molecule has 2 aromatic rings. The van der Waals surface area contributed by atoms with Crippen LogP contribution in [0.4, 0.5) is 0 Å². The summed E-state index contributed by atoms with van der Waals surface area (Å²) in [5, 5.41) is 24.3. The van der Waals surface area contributed by atoms with Crippen LogP contribution in [0, 0.1) is 5.92 Å². The van der Waals surface area contributed by atoms with Crippen molar-refractivity contribution in [2.75, 3.05) is 0 Å². The second kappa shape index (κ2) is 8.69. The molecular formula is C20H20Cl2N2O2. The summed E-state index contributed by atoms with van der Waals surface area (Å²) in [6.45, 7) is 0. The maximum atomic E-state index is 9.77.